The number of aromatic nitrogens is 2. The summed E-state index contributed by atoms with van der Waals surface area (Å²) in [5, 5.41) is 4.21. The molecule has 2 rings (SSSR count). The molecule has 4 nitrogen and oxygen atoms in total. The molecule has 2 aromatic rings. The van der Waals surface area contributed by atoms with Crippen LogP contribution >= 0.6 is 0 Å². The number of ether oxygens (including phenoxy) is 1. The number of nitrogens with two attached hydrogens (primary N) is 1. The maximum atomic E-state index is 5.83. The zero-order valence-corrected chi connectivity index (χ0v) is 10.1. The lowest BCUT2D eigenvalue weighted by molar-refractivity contribution is 0.340. The summed E-state index contributed by atoms with van der Waals surface area (Å²) in [7, 11) is 0. The van der Waals surface area contributed by atoms with Crippen LogP contribution in [0.1, 0.15) is 25.5 Å². The second-order valence-electron chi connectivity index (χ2n) is 3.88. The first-order valence-electron chi connectivity index (χ1n) is 5.74. The zero-order chi connectivity index (χ0) is 12.3. The molecule has 4 heteroatoms. The van der Waals surface area contributed by atoms with Crippen molar-refractivity contribution in [3.8, 4) is 5.75 Å². The molecule has 90 valence electrons. The van der Waals surface area contributed by atoms with Crippen molar-refractivity contribution < 1.29 is 4.74 Å². The van der Waals surface area contributed by atoms with Gasteiger partial charge in [-0.15, -0.1) is 0 Å². The monoisotopic (exact) mass is 231 g/mol. The van der Waals surface area contributed by atoms with Crippen LogP contribution in [0.4, 0.5) is 5.82 Å². The number of anilines is 1. The third kappa shape index (κ3) is 2.41. The molecule has 2 N–H and O–H groups in total. The largest absolute Gasteiger partial charge is 0.494 e. The Labute approximate surface area is 101 Å². The smallest absolute Gasteiger partial charge is 0.122 e. The summed E-state index contributed by atoms with van der Waals surface area (Å²) in [6.45, 7) is 4.72. The molecule has 0 aliphatic carbocycles. The van der Waals surface area contributed by atoms with E-state index >= 15 is 0 Å². The minimum absolute atomic E-state index is 0.126. The van der Waals surface area contributed by atoms with E-state index < -0.39 is 0 Å². The van der Waals surface area contributed by atoms with Gasteiger partial charge >= 0.3 is 0 Å². The quantitative estimate of drug-likeness (QED) is 0.879. The second-order valence-corrected chi connectivity index (χ2v) is 3.88. The molecule has 0 spiro atoms. The number of nitrogen functional groups attached to an aromatic ring is 1. The van der Waals surface area contributed by atoms with Crippen molar-refractivity contribution in [1.82, 2.24) is 9.78 Å². The van der Waals surface area contributed by atoms with E-state index in [1.54, 1.807) is 16.9 Å². The molecule has 0 saturated heterocycles. The van der Waals surface area contributed by atoms with Crippen LogP contribution in [-0.2, 0) is 0 Å². The molecular weight excluding hydrogens is 214 g/mol. The Kier molecular flexibility index (Phi) is 3.32. The van der Waals surface area contributed by atoms with Gasteiger partial charge in [-0.25, -0.2) is 4.68 Å². The molecule has 1 heterocycles. The Morgan fingerprint density at radius 1 is 1.29 bits per heavy atom. The predicted octanol–water partition coefficient (Wildman–Crippen LogP) is 2.47. The van der Waals surface area contributed by atoms with Crippen molar-refractivity contribution in [2.24, 2.45) is 0 Å². The lowest BCUT2D eigenvalue weighted by Crippen LogP contribution is -2.11. The fourth-order valence-electron chi connectivity index (χ4n) is 1.80. The van der Waals surface area contributed by atoms with Crippen LogP contribution in [0.5, 0.6) is 5.75 Å². The highest BCUT2D eigenvalue weighted by atomic mass is 16.5. The molecule has 1 aromatic carbocycles. The van der Waals surface area contributed by atoms with E-state index in [0.717, 1.165) is 11.3 Å². The van der Waals surface area contributed by atoms with Gasteiger partial charge < -0.3 is 10.5 Å². The van der Waals surface area contributed by atoms with Crippen LogP contribution in [0.3, 0.4) is 0 Å². The number of benzene rings is 1. The molecule has 0 bridgehead atoms. The van der Waals surface area contributed by atoms with Gasteiger partial charge in [0.25, 0.3) is 0 Å². The van der Waals surface area contributed by atoms with Crippen molar-refractivity contribution in [3.63, 3.8) is 0 Å². The van der Waals surface area contributed by atoms with Crippen molar-refractivity contribution in [3.05, 3.63) is 42.1 Å². The van der Waals surface area contributed by atoms with Gasteiger partial charge in [0.2, 0.25) is 0 Å². The van der Waals surface area contributed by atoms with Gasteiger partial charge in [-0.05, 0) is 37.6 Å². The van der Waals surface area contributed by atoms with Gasteiger partial charge in [0.1, 0.15) is 11.6 Å². The van der Waals surface area contributed by atoms with Crippen molar-refractivity contribution in [2.75, 3.05) is 12.3 Å². The van der Waals surface area contributed by atoms with Crippen LogP contribution in [0.15, 0.2) is 36.5 Å². The second kappa shape index (κ2) is 4.91. The number of hydrogen-bond donors (Lipinski definition) is 1. The molecule has 1 aromatic heterocycles. The molecule has 1 unspecified atom stereocenters. The summed E-state index contributed by atoms with van der Waals surface area (Å²) in [5.74, 6) is 1.56. The molecule has 0 aliphatic rings. The molecule has 0 amide bonds. The van der Waals surface area contributed by atoms with E-state index in [0.29, 0.717) is 12.4 Å². The van der Waals surface area contributed by atoms with Gasteiger partial charge in [-0.2, -0.15) is 5.10 Å². The van der Waals surface area contributed by atoms with E-state index in [1.807, 2.05) is 31.2 Å². The van der Waals surface area contributed by atoms with Crippen LogP contribution < -0.4 is 10.5 Å². The summed E-state index contributed by atoms with van der Waals surface area (Å²) < 4.78 is 7.21. The number of rotatable bonds is 4. The predicted molar refractivity (Wildman–Crippen MR) is 68.1 cm³/mol. The average molecular weight is 231 g/mol. The summed E-state index contributed by atoms with van der Waals surface area (Å²) >= 11 is 0. The Bertz CT molecular complexity index is 476. The lowest BCUT2D eigenvalue weighted by atomic mass is 10.1. The van der Waals surface area contributed by atoms with Gasteiger partial charge in [0, 0.05) is 0 Å². The Morgan fingerprint density at radius 2 is 2.00 bits per heavy atom. The SMILES string of the molecule is CCOc1ccc(C(C)n2nccc2N)cc1. The molecule has 1 atom stereocenters. The van der Waals surface area contributed by atoms with Crippen molar-refractivity contribution in [2.45, 2.75) is 19.9 Å². The first-order chi connectivity index (χ1) is 8.22. The molecule has 0 radical (unpaired) electrons. The maximum absolute atomic E-state index is 5.83. The molecular formula is C13H17N3O. The Balaban J connectivity index is 2.20. The molecule has 17 heavy (non-hydrogen) atoms. The van der Waals surface area contributed by atoms with Gasteiger partial charge in [0.15, 0.2) is 0 Å². The normalized spacial score (nSPS) is 12.4. The van der Waals surface area contributed by atoms with Crippen molar-refractivity contribution >= 4 is 5.82 Å². The summed E-state index contributed by atoms with van der Waals surface area (Å²) in [6.07, 6.45) is 1.71. The first-order valence-corrected chi connectivity index (χ1v) is 5.74. The van der Waals surface area contributed by atoms with E-state index in [2.05, 4.69) is 12.0 Å². The Hall–Kier alpha value is -1.97. The fraction of sp³-hybridized carbons (Fsp3) is 0.308. The van der Waals surface area contributed by atoms with Crippen LogP contribution in [0.2, 0.25) is 0 Å². The minimum atomic E-state index is 0.126. The summed E-state index contributed by atoms with van der Waals surface area (Å²) in [6, 6.07) is 9.93. The molecule has 0 aliphatic heterocycles. The topological polar surface area (TPSA) is 53.1 Å². The van der Waals surface area contributed by atoms with E-state index in [-0.39, 0.29) is 6.04 Å². The third-order valence-electron chi connectivity index (χ3n) is 2.74. The zero-order valence-electron chi connectivity index (χ0n) is 10.1. The first kappa shape index (κ1) is 11.5. The number of nitrogens with zero attached hydrogens (tertiary/aromatic N) is 2. The fourth-order valence-corrected chi connectivity index (χ4v) is 1.80. The summed E-state index contributed by atoms with van der Waals surface area (Å²) in [5.41, 5.74) is 6.99. The highest BCUT2D eigenvalue weighted by molar-refractivity contribution is 5.33. The van der Waals surface area contributed by atoms with Gasteiger partial charge in [-0.3, -0.25) is 0 Å². The lowest BCUT2D eigenvalue weighted by Gasteiger charge is -2.14. The standard InChI is InChI=1S/C13H17N3O/c1-3-17-12-6-4-11(5-7-12)10(2)16-13(14)8-9-15-16/h4-10H,3,14H2,1-2H3. The molecule has 0 fully saturated rings. The number of hydrogen-bond acceptors (Lipinski definition) is 3. The van der Waals surface area contributed by atoms with Gasteiger partial charge in [0.05, 0.1) is 18.8 Å². The van der Waals surface area contributed by atoms with Crippen LogP contribution in [0.25, 0.3) is 0 Å². The summed E-state index contributed by atoms with van der Waals surface area (Å²) in [4.78, 5) is 0. The average Bonchev–Trinajstić information content (AvgIpc) is 2.76. The highest BCUT2D eigenvalue weighted by Gasteiger charge is 2.10. The van der Waals surface area contributed by atoms with Crippen LogP contribution in [-0.4, -0.2) is 16.4 Å². The Morgan fingerprint density at radius 3 is 2.53 bits per heavy atom. The van der Waals surface area contributed by atoms with Crippen molar-refractivity contribution in [1.29, 1.82) is 0 Å². The van der Waals surface area contributed by atoms with Crippen LogP contribution in [0, 0.1) is 0 Å². The highest BCUT2D eigenvalue weighted by Crippen LogP contribution is 2.22. The van der Waals surface area contributed by atoms with E-state index in [4.69, 9.17) is 10.5 Å². The maximum Gasteiger partial charge on any atom is 0.122 e. The van der Waals surface area contributed by atoms with E-state index in [9.17, 15) is 0 Å². The van der Waals surface area contributed by atoms with E-state index in [1.165, 1.54) is 0 Å². The van der Waals surface area contributed by atoms with Gasteiger partial charge in [-0.1, -0.05) is 12.1 Å². The third-order valence-corrected chi connectivity index (χ3v) is 2.74. The minimum Gasteiger partial charge on any atom is -0.494 e. The molecule has 0 saturated carbocycles.